The van der Waals surface area contributed by atoms with Crippen LogP contribution in [0.5, 0.6) is 0 Å². The van der Waals surface area contributed by atoms with E-state index in [2.05, 4.69) is 17.0 Å². The molecular weight excluding hydrogens is 304 g/mol. The van der Waals surface area contributed by atoms with Crippen molar-refractivity contribution in [3.05, 3.63) is 11.6 Å². The molecule has 2 aliphatic rings. The Morgan fingerprint density at radius 3 is 2.79 bits per heavy atom. The predicted molar refractivity (Wildman–Crippen MR) is 91.7 cm³/mol. The first-order valence-corrected chi connectivity index (χ1v) is 9.32. The van der Waals surface area contributed by atoms with Gasteiger partial charge in [-0.1, -0.05) is 19.8 Å². The van der Waals surface area contributed by atoms with Gasteiger partial charge in [-0.2, -0.15) is 5.10 Å². The fourth-order valence-electron chi connectivity index (χ4n) is 4.07. The highest BCUT2D eigenvalue weighted by atomic mass is 16.5. The summed E-state index contributed by atoms with van der Waals surface area (Å²) >= 11 is 0. The van der Waals surface area contributed by atoms with E-state index in [1.165, 1.54) is 12.8 Å². The van der Waals surface area contributed by atoms with Crippen LogP contribution in [0, 0.1) is 19.8 Å². The first-order chi connectivity index (χ1) is 11.5. The second kappa shape index (κ2) is 7.64. The number of aromatic nitrogens is 3. The van der Waals surface area contributed by atoms with E-state index in [1.54, 1.807) is 0 Å². The second-order valence-corrected chi connectivity index (χ2v) is 7.49. The van der Waals surface area contributed by atoms with Crippen molar-refractivity contribution in [1.82, 2.24) is 19.7 Å². The third kappa shape index (κ3) is 4.15. The van der Waals surface area contributed by atoms with Crippen molar-refractivity contribution in [2.45, 2.75) is 71.4 Å². The Balaban J connectivity index is 1.52. The molecule has 6 heteroatoms. The molecule has 0 spiro atoms. The largest absolute Gasteiger partial charge is 0.368 e. The molecule has 1 aliphatic heterocycles. The van der Waals surface area contributed by atoms with Crippen molar-refractivity contribution in [2.75, 3.05) is 19.7 Å². The van der Waals surface area contributed by atoms with Crippen LogP contribution in [0.2, 0.25) is 0 Å². The average Bonchev–Trinajstić information content (AvgIpc) is 2.91. The van der Waals surface area contributed by atoms with Gasteiger partial charge in [0.1, 0.15) is 18.3 Å². The summed E-state index contributed by atoms with van der Waals surface area (Å²) in [7, 11) is 0. The van der Waals surface area contributed by atoms with Crippen LogP contribution < -0.4 is 0 Å². The Morgan fingerprint density at radius 1 is 1.25 bits per heavy atom. The number of piperidine rings is 1. The monoisotopic (exact) mass is 334 g/mol. The lowest BCUT2D eigenvalue weighted by Gasteiger charge is -2.34. The van der Waals surface area contributed by atoms with Crippen molar-refractivity contribution in [2.24, 2.45) is 5.92 Å². The molecule has 1 saturated heterocycles. The molecule has 0 bridgehead atoms. The number of carbonyl (C=O) groups excluding carboxylic acids is 1. The average molecular weight is 334 g/mol. The third-order valence-corrected chi connectivity index (χ3v) is 5.33. The molecule has 1 aromatic rings. The Bertz CT molecular complexity index is 571. The summed E-state index contributed by atoms with van der Waals surface area (Å²) in [6.07, 6.45) is 7.02. The molecule has 6 nitrogen and oxygen atoms in total. The maximum atomic E-state index is 12.5. The van der Waals surface area contributed by atoms with E-state index in [0.717, 1.165) is 49.8 Å². The minimum atomic E-state index is 0.118. The molecule has 0 unspecified atom stereocenters. The van der Waals surface area contributed by atoms with Crippen LogP contribution in [-0.2, 0) is 9.53 Å². The van der Waals surface area contributed by atoms with Gasteiger partial charge in [0, 0.05) is 13.1 Å². The number of amides is 1. The summed E-state index contributed by atoms with van der Waals surface area (Å²) in [4.78, 5) is 18.9. The highest BCUT2D eigenvalue weighted by molar-refractivity contribution is 5.77. The molecule has 2 heterocycles. The van der Waals surface area contributed by atoms with Gasteiger partial charge in [-0.3, -0.25) is 4.79 Å². The van der Waals surface area contributed by atoms with Crippen LogP contribution in [0.3, 0.4) is 0 Å². The highest BCUT2D eigenvalue weighted by Crippen LogP contribution is 2.26. The molecular formula is C18H30N4O2. The van der Waals surface area contributed by atoms with Crippen molar-refractivity contribution in [3.63, 3.8) is 0 Å². The van der Waals surface area contributed by atoms with Gasteiger partial charge in [0.15, 0.2) is 0 Å². The fraction of sp³-hybridized carbons (Fsp3) is 0.833. The van der Waals surface area contributed by atoms with Crippen molar-refractivity contribution < 1.29 is 9.53 Å². The lowest BCUT2D eigenvalue weighted by Crippen LogP contribution is -2.43. The summed E-state index contributed by atoms with van der Waals surface area (Å²) in [5.41, 5.74) is 0. The highest BCUT2D eigenvalue weighted by Gasteiger charge is 2.27. The van der Waals surface area contributed by atoms with Gasteiger partial charge in [-0.15, -0.1) is 0 Å². The van der Waals surface area contributed by atoms with Gasteiger partial charge in [0.05, 0.1) is 12.1 Å². The van der Waals surface area contributed by atoms with Gasteiger partial charge >= 0.3 is 0 Å². The summed E-state index contributed by atoms with van der Waals surface area (Å²) in [6, 6.07) is 0.235. The molecule has 1 saturated carbocycles. The topological polar surface area (TPSA) is 60.2 Å². The molecule has 3 rings (SSSR count). The summed E-state index contributed by atoms with van der Waals surface area (Å²) < 4.78 is 7.90. The first kappa shape index (κ1) is 17.4. The van der Waals surface area contributed by atoms with Crippen molar-refractivity contribution in [1.29, 1.82) is 0 Å². The molecule has 2 fully saturated rings. The number of carbonyl (C=O) groups is 1. The van der Waals surface area contributed by atoms with Crippen molar-refractivity contribution in [3.8, 4) is 0 Å². The number of likely N-dealkylation sites (tertiary alicyclic amines) is 1. The van der Waals surface area contributed by atoms with Gasteiger partial charge in [-0.25, -0.2) is 9.67 Å². The Hall–Kier alpha value is -1.43. The molecule has 1 aromatic heterocycles. The van der Waals surface area contributed by atoms with Crippen LogP contribution in [-0.4, -0.2) is 51.4 Å². The molecule has 0 N–H and O–H groups in total. The fourth-order valence-corrected chi connectivity index (χ4v) is 4.07. The van der Waals surface area contributed by atoms with Gasteiger partial charge in [-0.05, 0) is 45.4 Å². The van der Waals surface area contributed by atoms with E-state index in [4.69, 9.17) is 4.74 Å². The number of aryl methyl sites for hydroxylation is 2. The van der Waals surface area contributed by atoms with Crippen LogP contribution in [0.4, 0.5) is 0 Å². The van der Waals surface area contributed by atoms with Gasteiger partial charge in [0.25, 0.3) is 0 Å². The van der Waals surface area contributed by atoms with E-state index in [9.17, 15) is 4.79 Å². The smallest absolute Gasteiger partial charge is 0.248 e. The first-order valence-electron chi connectivity index (χ1n) is 9.32. The lowest BCUT2D eigenvalue weighted by atomic mass is 9.89. The standard InChI is InChI=1S/C18H30N4O2/c1-13-6-4-8-17(10-13)24-12-18(23)21-9-5-7-16(11-21)22-15(3)19-14(2)20-22/h13,16-17H,4-12H2,1-3H3/t13-,16-,17+/m1/s1. The van der Waals surface area contributed by atoms with Crippen molar-refractivity contribution >= 4 is 5.91 Å². The Labute approximate surface area is 144 Å². The predicted octanol–water partition coefficient (Wildman–Crippen LogP) is 2.65. The van der Waals surface area contributed by atoms with E-state index in [-0.39, 0.29) is 24.7 Å². The Morgan fingerprint density at radius 2 is 2.08 bits per heavy atom. The molecule has 3 atom stereocenters. The molecule has 24 heavy (non-hydrogen) atoms. The van der Waals surface area contributed by atoms with E-state index in [1.807, 2.05) is 23.4 Å². The molecule has 1 aliphatic carbocycles. The second-order valence-electron chi connectivity index (χ2n) is 7.49. The maximum Gasteiger partial charge on any atom is 0.248 e. The number of ether oxygens (including phenoxy) is 1. The number of nitrogens with zero attached hydrogens (tertiary/aromatic N) is 4. The molecule has 1 amide bonds. The van der Waals surface area contributed by atoms with E-state index in [0.29, 0.717) is 6.54 Å². The third-order valence-electron chi connectivity index (χ3n) is 5.33. The number of hydrogen-bond acceptors (Lipinski definition) is 4. The van der Waals surface area contributed by atoms with Crippen LogP contribution in [0.15, 0.2) is 0 Å². The summed E-state index contributed by atoms with van der Waals surface area (Å²) in [5, 5.41) is 4.49. The Kier molecular flexibility index (Phi) is 5.54. The molecule has 134 valence electrons. The quantitative estimate of drug-likeness (QED) is 0.849. The lowest BCUT2D eigenvalue weighted by molar-refractivity contribution is -0.140. The molecule has 0 aromatic carbocycles. The zero-order valence-corrected chi connectivity index (χ0v) is 15.2. The minimum absolute atomic E-state index is 0.118. The normalized spacial score (nSPS) is 28.1. The zero-order chi connectivity index (χ0) is 17.1. The summed E-state index contributed by atoms with van der Waals surface area (Å²) in [6.45, 7) is 7.93. The molecule has 0 radical (unpaired) electrons. The van der Waals surface area contributed by atoms with E-state index < -0.39 is 0 Å². The number of rotatable bonds is 4. The van der Waals surface area contributed by atoms with Crippen LogP contribution >= 0.6 is 0 Å². The zero-order valence-electron chi connectivity index (χ0n) is 15.2. The summed E-state index contributed by atoms with van der Waals surface area (Å²) in [5.74, 6) is 2.56. The van der Waals surface area contributed by atoms with Gasteiger partial charge < -0.3 is 9.64 Å². The van der Waals surface area contributed by atoms with E-state index >= 15 is 0 Å². The van der Waals surface area contributed by atoms with Crippen LogP contribution in [0.25, 0.3) is 0 Å². The van der Waals surface area contributed by atoms with Crippen LogP contribution in [0.1, 0.15) is 63.1 Å². The minimum Gasteiger partial charge on any atom is -0.368 e. The maximum absolute atomic E-state index is 12.5. The van der Waals surface area contributed by atoms with Gasteiger partial charge in [0.2, 0.25) is 5.91 Å². The number of hydrogen-bond donors (Lipinski definition) is 0. The SMILES string of the molecule is Cc1nc(C)n([C@@H]2CCCN(C(=O)CO[C@H]3CCC[C@@H](C)C3)C2)n1.